The Morgan fingerprint density at radius 2 is 2.09 bits per heavy atom. The summed E-state index contributed by atoms with van der Waals surface area (Å²) in [5, 5.41) is 3.44. The SMILES string of the molecule is COC(=O)CCNC(=O)C1(c2cccc(Cl)c2)CCOCC1. The number of ether oxygens (including phenoxy) is 2. The predicted molar refractivity (Wildman–Crippen MR) is 82.8 cm³/mol. The Bertz CT molecular complexity index is 541. The zero-order valence-corrected chi connectivity index (χ0v) is 13.3. The largest absolute Gasteiger partial charge is 0.469 e. The molecule has 2 rings (SSSR count). The van der Waals surface area contributed by atoms with E-state index in [9.17, 15) is 9.59 Å². The minimum absolute atomic E-state index is 0.0954. The lowest BCUT2D eigenvalue weighted by atomic mass is 9.73. The van der Waals surface area contributed by atoms with Gasteiger partial charge < -0.3 is 14.8 Å². The molecule has 0 atom stereocenters. The maximum Gasteiger partial charge on any atom is 0.307 e. The third-order valence-corrected chi connectivity index (χ3v) is 4.24. The Kier molecular flexibility index (Phi) is 5.80. The summed E-state index contributed by atoms with van der Waals surface area (Å²) in [6.45, 7) is 1.31. The number of hydrogen-bond acceptors (Lipinski definition) is 4. The topological polar surface area (TPSA) is 64.6 Å². The van der Waals surface area contributed by atoms with Crippen molar-refractivity contribution < 1.29 is 19.1 Å². The molecule has 5 nitrogen and oxygen atoms in total. The van der Waals surface area contributed by atoms with Gasteiger partial charge in [-0.2, -0.15) is 0 Å². The molecule has 1 N–H and O–H groups in total. The number of esters is 1. The lowest BCUT2D eigenvalue weighted by Crippen LogP contribution is -2.48. The molecule has 1 aromatic rings. The van der Waals surface area contributed by atoms with E-state index in [0.29, 0.717) is 31.1 Å². The van der Waals surface area contributed by atoms with Crippen LogP contribution >= 0.6 is 11.6 Å². The normalized spacial score (nSPS) is 16.8. The number of carbonyl (C=O) groups excluding carboxylic acids is 2. The van der Waals surface area contributed by atoms with Crippen LogP contribution in [0.4, 0.5) is 0 Å². The van der Waals surface area contributed by atoms with Gasteiger partial charge in [-0.05, 0) is 30.5 Å². The van der Waals surface area contributed by atoms with Gasteiger partial charge in [0.15, 0.2) is 0 Å². The van der Waals surface area contributed by atoms with Gasteiger partial charge in [0.25, 0.3) is 0 Å². The fourth-order valence-electron chi connectivity index (χ4n) is 2.70. The van der Waals surface area contributed by atoms with Crippen LogP contribution in [0.5, 0.6) is 0 Å². The number of halogens is 1. The highest BCUT2D eigenvalue weighted by atomic mass is 35.5. The van der Waals surface area contributed by atoms with Gasteiger partial charge in [-0.15, -0.1) is 0 Å². The Morgan fingerprint density at radius 1 is 1.36 bits per heavy atom. The maximum atomic E-state index is 12.7. The van der Waals surface area contributed by atoms with Crippen molar-refractivity contribution in [3.8, 4) is 0 Å². The van der Waals surface area contributed by atoms with E-state index in [2.05, 4.69) is 10.1 Å². The van der Waals surface area contributed by atoms with Gasteiger partial charge >= 0.3 is 5.97 Å². The van der Waals surface area contributed by atoms with Crippen LogP contribution in [0.2, 0.25) is 5.02 Å². The molecule has 1 amide bonds. The van der Waals surface area contributed by atoms with Gasteiger partial charge in [0.2, 0.25) is 5.91 Å². The van der Waals surface area contributed by atoms with Crippen LogP contribution in [0.15, 0.2) is 24.3 Å². The van der Waals surface area contributed by atoms with Gasteiger partial charge in [0, 0.05) is 24.8 Å². The second kappa shape index (κ2) is 7.61. The zero-order valence-electron chi connectivity index (χ0n) is 12.6. The molecule has 0 aromatic heterocycles. The van der Waals surface area contributed by atoms with Crippen LogP contribution in [0.1, 0.15) is 24.8 Å². The van der Waals surface area contributed by atoms with Crippen LogP contribution in [-0.4, -0.2) is 38.7 Å². The van der Waals surface area contributed by atoms with Crippen molar-refractivity contribution >= 4 is 23.5 Å². The third-order valence-electron chi connectivity index (χ3n) is 4.00. The third kappa shape index (κ3) is 3.78. The Hall–Kier alpha value is -1.59. The molecule has 0 aliphatic carbocycles. The molecular weight excluding hydrogens is 306 g/mol. The number of amides is 1. The van der Waals surface area contributed by atoms with Gasteiger partial charge in [0.05, 0.1) is 18.9 Å². The number of methoxy groups -OCH3 is 1. The smallest absolute Gasteiger partial charge is 0.307 e. The quantitative estimate of drug-likeness (QED) is 0.842. The molecule has 1 heterocycles. The lowest BCUT2D eigenvalue weighted by molar-refractivity contribution is -0.140. The van der Waals surface area contributed by atoms with Crippen molar-refractivity contribution in [3.05, 3.63) is 34.9 Å². The van der Waals surface area contributed by atoms with E-state index in [0.717, 1.165) is 5.56 Å². The van der Waals surface area contributed by atoms with E-state index in [1.165, 1.54) is 7.11 Å². The molecule has 1 aromatic carbocycles. The highest BCUT2D eigenvalue weighted by Crippen LogP contribution is 2.36. The Labute approximate surface area is 134 Å². The minimum Gasteiger partial charge on any atom is -0.469 e. The Balaban J connectivity index is 2.15. The van der Waals surface area contributed by atoms with Gasteiger partial charge in [0.1, 0.15) is 0 Å². The number of nitrogens with one attached hydrogen (secondary N) is 1. The van der Waals surface area contributed by atoms with Gasteiger partial charge in [-0.3, -0.25) is 9.59 Å². The summed E-state index contributed by atoms with van der Waals surface area (Å²) in [6, 6.07) is 7.37. The summed E-state index contributed by atoms with van der Waals surface area (Å²) >= 11 is 6.07. The molecule has 22 heavy (non-hydrogen) atoms. The van der Waals surface area contributed by atoms with Crippen LogP contribution < -0.4 is 5.32 Å². The summed E-state index contributed by atoms with van der Waals surface area (Å²) < 4.78 is 9.97. The van der Waals surface area contributed by atoms with E-state index in [1.54, 1.807) is 6.07 Å². The van der Waals surface area contributed by atoms with Crippen molar-refractivity contribution in [2.75, 3.05) is 26.9 Å². The highest BCUT2D eigenvalue weighted by molar-refractivity contribution is 6.30. The monoisotopic (exact) mass is 325 g/mol. The van der Waals surface area contributed by atoms with Crippen molar-refractivity contribution in [2.24, 2.45) is 0 Å². The van der Waals surface area contributed by atoms with Crippen molar-refractivity contribution in [1.82, 2.24) is 5.32 Å². The van der Waals surface area contributed by atoms with E-state index in [-0.39, 0.29) is 24.8 Å². The van der Waals surface area contributed by atoms with Crippen molar-refractivity contribution in [3.63, 3.8) is 0 Å². The summed E-state index contributed by atoms with van der Waals surface area (Å²) in [5.41, 5.74) is 0.234. The van der Waals surface area contributed by atoms with Crippen LogP contribution in [0.25, 0.3) is 0 Å². The first-order valence-corrected chi connectivity index (χ1v) is 7.65. The fourth-order valence-corrected chi connectivity index (χ4v) is 2.89. The summed E-state index contributed by atoms with van der Waals surface area (Å²) in [7, 11) is 1.33. The summed E-state index contributed by atoms with van der Waals surface area (Å²) in [6.07, 6.45) is 1.35. The summed E-state index contributed by atoms with van der Waals surface area (Å²) in [5.74, 6) is -0.439. The van der Waals surface area contributed by atoms with Gasteiger partial charge in [-0.1, -0.05) is 23.7 Å². The molecule has 0 saturated carbocycles. The zero-order chi connectivity index (χ0) is 16.0. The standard InChI is InChI=1S/C16H20ClNO4/c1-21-14(19)5-8-18-15(20)16(6-9-22-10-7-16)12-3-2-4-13(17)11-12/h2-4,11H,5-10H2,1H3,(H,18,20). The number of benzene rings is 1. The maximum absolute atomic E-state index is 12.7. The molecule has 120 valence electrons. The molecule has 0 spiro atoms. The predicted octanol–water partition coefficient (Wildman–Crippen LogP) is 2.07. The first-order valence-electron chi connectivity index (χ1n) is 7.27. The number of rotatable bonds is 5. The van der Waals surface area contributed by atoms with Crippen molar-refractivity contribution in [2.45, 2.75) is 24.7 Å². The fraction of sp³-hybridized carbons (Fsp3) is 0.500. The van der Waals surface area contributed by atoms with Crippen LogP contribution in [0.3, 0.4) is 0 Å². The van der Waals surface area contributed by atoms with E-state index >= 15 is 0 Å². The molecule has 0 unspecified atom stereocenters. The average molecular weight is 326 g/mol. The molecule has 6 heteroatoms. The molecule has 1 saturated heterocycles. The van der Waals surface area contributed by atoms with Gasteiger partial charge in [-0.25, -0.2) is 0 Å². The number of carbonyl (C=O) groups is 2. The minimum atomic E-state index is -0.654. The van der Waals surface area contributed by atoms with Crippen LogP contribution in [0, 0.1) is 0 Å². The molecule has 0 bridgehead atoms. The highest BCUT2D eigenvalue weighted by Gasteiger charge is 2.41. The summed E-state index contributed by atoms with van der Waals surface area (Å²) in [4.78, 5) is 23.9. The first-order chi connectivity index (χ1) is 10.6. The van der Waals surface area contributed by atoms with E-state index < -0.39 is 5.41 Å². The van der Waals surface area contributed by atoms with E-state index in [1.807, 2.05) is 18.2 Å². The van der Waals surface area contributed by atoms with E-state index in [4.69, 9.17) is 16.3 Å². The molecule has 1 aliphatic heterocycles. The lowest BCUT2D eigenvalue weighted by Gasteiger charge is -2.36. The molecule has 1 fully saturated rings. The Morgan fingerprint density at radius 3 is 2.73 bits per heavy atom. The second-order valence-electron chi connectivity index (χ2n) is 5.29. The second-order valence-corrected chi connectivity index (χ2v) is 5.72. The van der Waals surface area contributed by atoms with Crippen molar-refractivity contribution in [1.29, 1.82) is 0 Å². The van der Waals surface area contributed by atoms with Crippen LogP contribution in [-0.2, 0) is 24.5 Å². The molecule has 1 aliphatic rings. The average Bonchev–Trinajstić information content (AvgIpc) is 2.55. The molecular formula is C16H20ClNO4. The first kappa shape index (κ1) is 16.8. The molecule has 0 radical (unpaired) electrons. The number of hydrogen-bond donors (Lipinski definition) is 1.